The molecule has 0 radical (unpaired) electrons. The summed E-state index contributed by atoms with van der Waals surface area (Å²) in [5.74, 6) is -0.501. The topological polar surface area (TPSA) is 80.3 Å². The van der Waals surface area contributed by atoms with E-state index in [-0.39, 0.29) is 17.9 Å². The van der Waals surface area contributed by atoms with Crippen LogP contribution in [0.5, 0.6) is 0 Å². The molecule has 0 bridgehead atoms. The summed E-state index contributed by atoms with van der Waals surface area (Å²) >= 11 is 0. The van der Waals surface area contributed by atoms with Crippen molar-refractivity contribution in [3.8, 4) is 17.3 Å². The molecule has 0 amide bonds. The summed E-state index contributed by atoms with van der Waals surface area (Å²) in [6.45, 7) is 1.99. The monoisotopic (exact) mass is 292 g/mol. The molecule has 0 aliphatic rings. The first-order valence-electron chi connectivity index (χ1n) is 6.76. The Kier molecular flexibility index (Phi) is 3.54. The third-order valence-electron chi connectivity index (χ3n) is 3.15. The number of nitriles is 1. The van der Waals surface area contributed by atoms with Crippen LogP contribution in [0.4, 0.5) is 0 Å². The fourth-order valence-corrected chi connectivity index (χ4v) is 2.19. The zero-order valence-electron chi connectivity index (χ0n) is 11.9. The highest BCUT2D eigenvalue weighted by Crippen LogP contribution is 2.22. The number of carbonyl (C=O) groups is 1. The van der Waals surface area contributed by atoms with E-state index >= 15 is 0 Å². The van der Waals surface area contributed by atoms with Crippen LogP contribution in [0.25, 0.3) is 16.9 Å². The van der Waals surface area contributed by atoms with Crippen molar-refractivity contribution in [2.75, 3.05) is 6.61 Å². The van der Waals surface area contributed by atoms with Gasteiger partial charge in [0.2, 0.25) is 0 Å². The SMILES string of the molecule is CCOC(=O)c1cnn2c(-c3ccccc3)cc(C#N)nc12. The molecule has 6 nitrogen and oxygen atoms in total. The first-order valence-corrected chi connectivity index (χ1v) is 6.76. The van der Waals surface area contributed by atoms with Gasteiger partial charge in [-0.2, -0.15) is 10.4 Å². The van der Waals surface area contributed by atoms with Gasteiger partial charge < -0.3 is 4.74 Å². The van der Waals surface area contributed by atoms with Gasteiger partial charge in [-0.25, -0.2) is 14.3 Å². The summed E-state index contributed by atoms with van der Waals surface area (Å²) in [5.41, 5.74) is 2.35. The van der Waals surface area contributed by atoms with E-state index in [2.05, 4.69) is 10.1 Å². The molecule has 1 aromatic carbocycles. The number of ether oxygens (including phenoxy) is 1. The molecule has 0 atom stereocenters. The highest BCUT2D eigenvalue weighted by atomic mass is 16.5. The van der Waals surface area contributed by atoms with E-state index in [4.69, 9.17) is 4.74 Å². The maximum Gasteiger partial charge on any atom is 0.343 e. The Balaban J connectivity index is 2.26. The van der Waals surface area contributed by atoms with Crippen LogP contribution in [0.3, 0.4) is 0 Å². The van der Waals surface area contributed by atoms with Gasteiger partial charge >= 0.3 is 5.97 Å². The number of fused-ring (bicyclic) bond motifs is 1. The molecule has 0 saturated heterocycles. The number of esters is 1. The van der Waals surface area contributed by atoms with Gasteiger partial charge in [0.1, 0.15) is 17.3 Å². The van der Waals surface area contributed by atoms with Crippen LogP contribution in [0.15, 0.2) is 42.6 Å². The molecule has 0 N–H and O–H groups in total. The lowest BCUT2D eigenvalue weighted by molar-refractivity contribution is 0.0528. The summed E-state index contributed by atoms with van der Waals surface area (Å²) in [4.78, 5) is 16.2. The van der Waals surface area contributed by atoms with Crippen molar-refractivity contribution < 1.29 is 9.53 Å². The third kappa shape index (κ3) is 2.29. The summed E-state index contributed by atoms with van der Waals surface area (Å²) in [6, 6.07) is 13.2. The first-order chi connectivity index (χ1) is 10.7. The van der Waals surface area contributed by atoms with Gasteiger partial charge in [-0.15, -0.1) is 0 Å². The van der Waals surface area contributed by atoms with Crippen molar-refractivity contribution >= 4 is 11.6 Å². The molecule has 2 aromatic heterocycles. The van der Waals surface area contributed by atoms with E-state index in [1.807, 2.05) is 36.4 Å². The Morgan fingerprint density at radius 2 is 2.14 bits per heavy atom. The van der Waals surface area contributed by atoms with Crippen LogP contribution >= 0.6 is 0 Å². The summed E-state index contributed by atoms with van der Waals surface area (Å²) in [7, 11) is 0. The molecule has 22 heavy (non-hydrogen) atoms. The van der Waals surface area contributed by atoms with Gasteiger partial charge in [-0.1, -0.05) is 30.3 Å². The smallest absolute Gasteiger partial charge is 0.343 e. The number of nitrogens with zero attached hydrogens (tertiary/aromatic N) is 4. The predicted molar refractivity (Wildman–Crippen MR) is 79.1 cm³/mol. The quantitative estimate of drug-likeness (QED) is 0.693. The average Bonchev–Trinajstić information content (AvgIpc) is 2.99. The van der Waals surface area contributed by atoms with Crippen LogP contribution in [0, 0.1) is 11.3 Å². The Labute approximate surface area is 126 Å². The van der Waals surface area contributed by atoms with E-state index in [0.717, 1.165) is 5.56 Å². The Bertz CT molecular complexity index is 878. The van der Waals surface area contributed by atoms with Gasteiger partial charge in [0.05, 0.1) is 18.5 Å². The molecule has 108 valence electrons. The molecule has 2 heterocycles. The van der Waals surface area contributed by atoms with E-state index < -0.39 is 5.97 Å². The fraction of sp³-hybridized carbons (Fsp3) is 0.125. The summed E-state index contributed by atoms with van der Waals surface area (Å²) in [5, 5.41) is 13.4. The largest absolute Gasteiger partial charge is 0.462 e. The highest BCUT2D eigenvalue weighted by Gasteiger charge is 2.18. The predicted octanol–water partition coefficient (Wildman–Crippen LogP) is 2.44. The molecule has 0 saturated carbocycles. The Hall–Kier alpha value is -3.20. The van der Waals surface area contributed by atoms with Crippen molar-refractivity contribution in [2.24, 2.45) is 0 Å². The standard InChI is InChI=1S/C16H12N4O2/c1-2-22-16(21)13-10-18-20-14(11-6-4-3-5-7-11)8-12(9-17)19-15(13)20/h3-8,10H,2H2,1H3. The summed E-state index contributed by atoms with van der Waals surface area (Å²) < 4.78 is 6.54. The Morgan fingerprint density at radius 3 is 2.82 bits per heavy atom. The highest BCUT2D eigenvalue weighted by molar-refractivity contribution is 5.96. The average molecular weight is 292 g/mol. The van der Waals surface area contributed by atoms with E-state index in [1.165, 1.54) is 6.20 Å². The van der Waals surface area contributed by atoms with Crippen molar-refractivity contribution in [1.29, 1.82) is 5.26 Å². The zero-order valence-corrected chi connectivity index (χ0v) is 11.9. The van der Waals surface area contributed by atoms with Crippen LogP contribution in [0.1, 0.15) is 23.0 Å². The van der Waals surface area contributed by atoms with Crippen LogP contribution in [-0.4, -0.2) is 27.2 Å². The van der Waals surface area contributed by atoms with Gasteiger partial charge in [0.25, 0.3) is 0 Å². The fourth-order valence-electron chi connectivity index (χ4n) is 2.19. The molecule has 0 fully saturated rings. The lowest BCUT2D eigenvalue weighted by Crippen LogP contribution is -2.06. The van der Waals surface area contributed by atoms with Gasteiger partial charge in [0, 0.05) is 11.6 Å². The lowest BCUT2D eigenvalue weighted by Gasteiger charge is -2.06. The number of carbonyl (C=O) groups excluding carboxylic acids is 1. The van der Waals surface area contributed by atoms with Crippen molar-refractivity contribution in [1.82, 2.24) is 14.6 Å². The molecular weight excluding hydrogens is 280 g/mol. The number of hydrogen-bond acceptors (Lipinski definition) is 5. The van der Waals surface area contributed by atoms with Crippen molar-refractivity contribution in [2.45, 2.75) is 6.92 Å². The second-order valence-electron chi connectivity index (χ2n) is 4.52. The summed E-state index contributed by atoms with van der Waals surface area (Å²) in [6.07, 6.45) is 1.41. The minimum Gasteiger partial charge on any atom is -0.462 e. The molecule has 0 aliphatic carbocycles. The molecule has 3 aromatic rings. The second kappa shape index (κ2) is 5.66. The molecule has 0 spiro atoms. The molecule has 0 unspecified atom stereocenters. The van der Waals surface area contributed by atoms with Crippen LogP contribution < -0.4 is 0 Å². The number of aromatic nitrogens is 3. The second-order valence-corrected chi connectivity index (χ2v) is 4.52. The van der Waals surface area contributed by atoms with E-state index in [9.17, 15) is 10.1 Å². The van der Waals surface area contributed by atoms with Gasteiger partial charge in [-0.05, 0) is 6.92 Å². The first kappa shape index (κ1) is 13.8. The van der Waals surface area contributed by atoms with Crippen LogP contribution in [0.2, 0.25) is 0 Å². The maximum atomic E-state index is 12.0. The number of hydrogen-bond donors (Lipinski definition) is 0. The van der Waals surface area contributed by atoms with E-state index in [0.29, 0.717) is 11.3 Å². The lowest BCUT2D eigenvalue weighted by atomic mass is 10.1. The molecule has 0 aliphatic heterocycles. The zero-order chi connectivity index (χ0) is 15.5. The van der Waals surface area contributed by atoms with Gasteiger partial charge in [-0.3, -0.25) is 0 Å². The third-order valence-corrected chi connectivity index (χ3v) is 3.15. The molecule has 3 rings (SSSR count). The normalized spacial score (nSPS) is 10.4. The Morgan fingerprint density at radius 1 is 1.36 bits per heavy atom. The minimum absolute atomic E-state index is 0.220. The van der Waals surface area contributed by atoms with Crippen LogP contribution in [-0.2, 0) is 4.74 Å². The number of benzene rings is 1. The number of rotatable bonds is 3. The van der Waals surface area contributed by atoms with Gasteiger partial charge in [0.15, 0.2) is 5.65 Å². The van der Waals surface area contributed by atoms with Crippen molar-refractivity contribution in [3.05, 3.63) is 53.9 Å². The van der Waals surface area contributed by atoms with E-state index in [1.54, 1.807) is 17.5 Å². The molecular formula is C16H12N4O2. The van der Waals surface area contributed by atoms with Crippen molar-refractivity contribution in [3.63, 3.8) is 0 Å². The maximum absolute atomic E-state index is 12.0. The molecule has 6 heteroatoms. The minimum atomic E-state index is -0.501.